The molecule has 5 heteroatoms. The topological polar surface area (TPSA) is 47.9 Å². The summed E-state index contributed by atoms with van der Waals surface area (Å²) in [6.45, 7) is 19.9. The van der Waals surface area contributed by atoms with E-state index in [1.165, 1.54) is 32.1 Å². The van der Waals surface area contributed by atoms with Crippen molar-refractivity contribution >= 4 is 8.32 Å². The van der Waals surface area contributed by atoms with Gasteiger partial charge in [-0.3, -0.25) is 0 Å². The number of hydrogen-bond donors (Lipinski definition) is 1. The van der Waals surface area contributed by atoms with E-state index in [4.69, 9.17) is 13.9 Å². The predicted octanol–water partition coefficient (Wildman–Crippen LogP) is 6.77. The quantitative estimate of drug-likeness (QED) is 0.331. The molecule has 0 bridgehead atoms. The van der Waals surface area contributed by atoms with Gasteiger partial charge in [0.15, 0.2) is 14.1 Å². The van der Waals surface area contributed by atoms with Crippen LogP contribution in [0.3, 0.4) is 0 Å². The summed E-state index contributed by atoms with van der Waals surface area (Å²) in [7, 11) is -1.96. The van der Waals surface area contributed by atoms with Gasteiger partial charge < -0.3 is 19.0 Å². The molecule has 1 saturated heterocycles. The molecule has 1 aliphatic heterocycles. The molecule has 1 N–H and O–H groups in total. The maximum absolute atomic E-state index is 11.3. The zero-order valence-corrected chi connectivity index (χ0v) is 24.8. The van der Waals surface area contributed by atoms with Crippen molar-refractivity contribution in [1.82, 2.24) is 0 Å². The highest BCUT2D eigenvalue weighted by molar-refractivity contribution is 6.74. The number of aliphatic hydroxyl groups excluding tert-OH is 1. The Labute approximate surface area is 216 Å². The average molecular weight is 505 g/mol. The molecule has 0 radical (unpaired) electrons. The van der Waals surface area contributed by atoms with Crippen LogP contribution in [0.15, 0.2) is 0 Å². The van der Waals surface area contributed by atoms with Gasteiger partial charge in [0, 0.05) is 11.3 Å². The minimum atomic E-state index is -1.96. The van der Waals surface area contributed by atoms with E-state index < -0.39 is 14.1 Å². The molecular weight excluding hydrogens is 452 g/mol. The second-order valence-electron chi connectivity index (χ2n) is 13.7. The lowest BCUT2D eigenvalue weighted by Crippen LogP contribution is -2.76. The molecule has 200 valence electrons. The largest absolute Gasteiger partial charge is 0.403 e. The van der Waals surface area contributed by atoms with E-state index in [0.717, 1.165) is 19.3 Å². The molecule has 3 saturated carbocycles. The zero-order valence-electron chi connectivity index (χ0n) is 23.8. The van der Waals surface area contributed by atoms with E-state index in [2.05, 4.69) is 66.5 Å². The molecule has 4 aliphatic rings. The summed E-state index contributed by atoms with van der Waals surface area (Å²) < 4.78 is 19.9. The number of rotatable bonds is 5. The molecule has 0 amide bonds. The Balaban J connectivity index is 1.67. The van der Waals surface area contributed by atoms with Crippen molar-refractivity contribution in [2.24, 2.45) is 35.0 Å². The first-order valence-electron chi connectivity index (χ1n) is 14.6. The molecule has 4 rings (SSSR count). The standard InChI is InChI=1S/C30H52O4Si/c1-9-24-27-23(25(31)17-18-29(27,21(2)3)30(24)32-19-20-33-30)15-16-26(22-13-11-10-12-14-22)34-35(7,8)28(4,5)6/h21-27,31H,9-14,17-20H2,1-8H3/t23-,24?,25+,26+,27-,29+/m0/s1. The molecule has 3 aliphatic carbocycles. The summed E-state index contributed by atoms with van der Waals surface area (Å²) in [5, 5.41) is 11.5. The highest BCUT2D eigenvalue weighted by Gasteiger charge is 2.77. The molecule has 4 fully saturated rings. The molecule has 0 aromatic rings. The van der Waals surface area contributed by atoms with Gasteiger partial charge in [-0.05, 0) is 68.0 Å². The molecule has 0 aromatic carbocycles. The first-order valence-corrected chi connectivity index (χ1v) is 17.5. The lowest BCUT2D eigenvalue weighted by molar-refractivity contribution is -0.403. The van der Waals surface area contributed by atoms with E-state index in [1.54, 1.807) is 0 Å². The van der Waals surface area contributed by atoms with Gasteiger partial charge in [0.2, 0.25) is 0 Å². The fourth-order valence-corrected chi connectivity index (χ4v) is 9.08. The van der Waals surface area contributed by atoms with Crippen LogP contribution in [-0.2, 0) is 13.9 Å². The number of hydrogen-bond acceptors (Lipinski definition) is 4. The van der Waals surface area contributed by atoms with E-state index in [0.29, 0.717) is 31.0 Å². The minimum absolute atomic E-state index is 0.0214. The van der Waals surface area contributed by atoms with Crippen molar-refractivity contribution < 1.29 is 19.0 Å². The van der Waals surface area contributed by atoms with Crippen molar-refractivity contribution in [1.29, 1.82) is 0 Å². The Bertz CT molecular complexity index is 793. The fraction of sp³-hybridized carbons (Fsp3) is 0.933. The summed E-state index contributed by atoms with van der Waals surface area (Å²) in [5.74, 6) is 8.42. The smallest absolute Gasteiger partial charge is 0.193 e. The fourth-order valence-electron chi connectivity index (χ4n) is 7.84. The molecule has 1 heterocycles. The molecule has 6 atom stereocenters. The van der Waals surface area contributed by atoms with Crippen molar-refractivity contribution in [3.05, 3.63) is 0 Å². The highest BCUT2D eigenvalue weighted by atomic mass is 28.4. The first-order chi connectivity index (χ1) is 16.4. The van der Waals surface area contributed by atoms with E-state index >= 15 is 0 Å². The van der Waals surface area contributed by atoms with Crippen molar-refractivity contribution in [2.75, 3.05) is 13.2 Å². The lowest BCUT2D eigenvalue weighted by atomic mass is 9.37. The van der Waals surface area contributed by atoms with Gasteiger partial charge >= 0.3 is 0 Å². The maximum Gasteiger partial charge on any atom is 0.193 e. The first kappa shape index (κ1) is 27.6. The van der Waals surface area contributed by atoms with E-state index in [-0.39, 0.29) is 34.5 Å². The summed E-state index contributed by atoms with van der Waals surface area (Å²) >= 11 is 0. The Morgan fingerprint density at radius 3 is 2.23 bits per heavy atom. The van der Waals surface area contributed by atoms with Crippen LogP contribution in [0.1, 0.15) is 92.9 Å². The Kier molecular flexibility index (Phi) is 7.95. The molecule has 35 heavy (non-hydrogen) atoms. The van der Waals surface area contributed by atoms with Crippen LogP contribution in [-0.4, -0.2) is 44.6 Å². The number of ether oxygens (including phenoxy) is 2. The van der Waals surface area contributed by atoms with E-state index in [9.17, 15) is 5.11 Å². The Hall–Kier alpha value is -0.383. The molecule has 1 spiro atoms. The predicted molar refractivity (Wildman–Crippen MR) is 144 cm³/mol. The van der Waals surface area contributed by atoms with Gasteiger partial charge in [-0.2, -0.15) is 0 Å². The summed E-state index contributed by atoms with van der Waals surface area (Å²) in [5.41, 5.74) is -0.0661. The van der Waals surface area contributed by atoms with Crippen LogP contribution >= 0.6 is 0 Å². The van der Waals surface area contributed by atoms with Gasteiger partial charge in [-0.1, -0.05) is 72.6 Å². The number of fused-ring (bicyclic) bond motifs is 2. The van der Waals surface area contributed by atoms with Crippen molar-refractivity contribution in [2.45, 2.75) is 129 Å². The van der Waals surface area contributed by atoms with Crippen LogP contribution in [0, 0.1) is 46.8 Å². The van der Waals surface area contributed by atoms with Gasteiger partial charge in [-0.15, -0.1) is 0 Å². The monoisotopic (exact) mass is 504 g/mol. The van der Waals surface area contributed by atoms with Crippen molar-refractivity contribution in [3.8, 4) is 11.8 Å². The second-order valence-corrected chi connectivity index (χ2v) is 18.5. The third-order valence-electron chi connectivity index (χ3n) is 10.7. The van der Waals surface area contributed by atoms with E-state index in [1.807, 2.05) is 0 Å². The highest BCUT2D eigenvalue weighted by Crippen LogP contribution is 2.72. The van der Waals surface area contributed by atoms with Crippen molar-refractivity contribution in [3.63, 3.8) is 0 Å². The van der Waals surface area contributed by atoms with Crippen LogP contribution in [0.25, 0.3) is 0 Å². The van der Waals surface area contributed by atoms with Crippen LogP contribution < -0.4 is 0 Å². The number of aliphatic hydroxyl groups is 1. The third kappa shape index (κ3) is 4.48. The summed E-state index contributed by atoms with van der Waals surface area (Å²) in [6.07, 6.45) is 8.64. The second kappa shape index (κ2) is 10.1. The van der Waals surface area contributed by atoms with Gasteiger partial charge in [-0.25, -0.2) is 0 Å². The summed E-state index contributed by atoms with van der Waals surface area (Å²) in [4.78, 5) is 0. The Morgan fingerprint density at radius 2 is 1.69 bits per heavy atom. The SMILES string of the molecule is CCC1[C@@H]2[C@@H](C#C[C@@H](O[Si](C)(C)C(C)(C)C)C3CCCCC3)[C@H](O)CC[C@]2(C(C)C)C12OCCO2. The van der Waals surface area contributed by atoms with Gasteiger partial charge in [0.25, 0.3) is 0 Å². The lowest BCUT2D eigenvalue weighted by Gasteiger charge is -2.71. The summed E-state index contributed by atoms with van der Waals surface area (Å²) in [6, 6.07) is 0. The zero-order chi connectivity index (χ0) is 25.6. The molecule has 4 nitrogen and oxygen atoms in total. The van der Waals surface area contributed by atoms with Crippen LogP contribution in [0.4, 0.5) is 0 Å². The average Bonchev–Trinajstić information content (AvgIpc) is 3.30. The maximum atomic E-state index is 11.3. The Morgan fingerprint density at radius 1 is 1.06 bits per heavy atom. The van der Waals surface area contributed by atoms with Gasteiger partial charge in [0.05, 0.1) is 25.2 Å². The minimum Gasteiger partial charge on any atom is -0.403 e. The van der Waals surface area contributed by atoms with Crippen LogP contribution in [0.2, 0.25) is 18.1 Å². The van der Waals surface area contributed by atoms with Crippen LogP contribution in [0.5, 0.6) is 0 Å². The normalized spacial score (nSPS) is 36.4. The molecule has 1 unspecified atom stereocenters. The van der Waals surface area contributed by atoms with Gasteiger partial charge in [0.1, 0.15) is 6.10 Å². The third-order valence-corrected chi connectivity index (χ3v) is 15.2. The molecular formula is C30H52O4Si. The molecule has 0 aromatic heterocycles.